The van der Waals surface area contributed by atoms with Crippen LogP contribution in [0.2, 0.25) is 0 Å². The second kappa shape index (κ2) is 9.33. The van der Waals surface area contributed by atoms with E-state index in [1.807, 2.05) is 10.3 Å². The van der Waals surface area contributed by atoms with E-state index in [-0.39, 0.29) is 40.2 Å². The summed E-state index contributed by atoms with van der Waals surface area (Å²) in [7, 11) is 1.75. The van der Waals surface area contributed by atoms with E-state index in [0.29, 0.717) is 18.7 Å². The molecule has 1 saturated carbocycles. The molecule has 2 fully saturated rings. The molecule has 0 N–H and O–H groups in total. The summed E-state index contributed by atoms with van der Waals surface area (Å²) < 4.78 is 0. The van der Waals surface area contributed by atoms with E-state index in [2.05, 4.69) is 32.7 Å². The maximum Gasteiger partial charge on any atom is 0.273 e. The van der Waals surface area contributed by atoms with Crippen LogP contribution < -0.4 is 0 Å². The van der Waals surface area contributed by atoms with E-state index in [4.69, 9.17) is 0 Å². The van der Waals surface area contributed by atoms with Gasteiger partial charge in [0.15, 0.2) is 0 Å². The monoisotopic (exact) mass is 498 g/mol. The highest BCUT2D eigenvalue weighted by Gasteiger charge is 2.68. The van der Waals surface area contributed by atoms with Crippen molar-refractivity contribution in [3.63, 3.8) is 0 Å². The van der Waals surface area contributed by atoms with Gasteiger partial charge in [-0.2, -0.15) is 0 Å². The third-order valence-corrected chi connectivity index (χ3v) is 9.40. The Balaban J connectivity index is 1.28. The fourth-order valence-electron chi connectivity index (χ4n) is 5.29. The van der Waals surface area contributed by atoms with E-state index >= 15 is 0 Å². The maximum atomic E-state index is 13.0. The maximum absolute atomic E-state index is 13.0. The zero-order chi connectivity index (χ0) is 25.5. The molecule has 2 aliphatic rings. The topological polar surface area (TPSA) is 96.6 Å². The Morgan fingerprint density at radius 1 is 1.14 bits per heavy atom. The fourth-order valence-corrected chi connectivity index (χ4v) is 6.26. The summed E-state index contributed by atoms with van der Waals surface area (Å²) in [6.07, 6.45) is 2.35. The normalized spacial score (nSPS) is 19.4. The van der Waals surface area contributed by atoms with Crippen molar-refractivity contribution in [2.75, 3.05) is 26.7 Å². The van der Waals surface area contributed by atoms with Gasteiger partial charge in [0.1, 0.15) is 5.69 Å². The van der Waals surface area contributed by atoms with E-state index in [1.54, 1.807) is 24.1 Å². The largest absolute Gasteiger partial charge is 0.342 e. The van der Waals surface area contributed by atoms with E-state index in [0.717, 1.165) is 36.5 Å². The molecule has 2 amide bonds. The van der Waals surface area contributed by atoms with Gasteiger partial charge in [0.2, 0.25) is 5.91 Å². The molecule has 1 aromatic carbocycles. The van der Waals surface area contributed by atoms with Gasteiger partial charge in [-0.15, -0.1) is 11.3 Å². The zero-order valence-electron chi connectivity index (χ0n) is 21.1. The number of piperidine rings is 1. The number of hydrogen-bond acceptors (Lipinski definition) is 6. The van der Waals surface area contributed by atoms with Crippen LogP contribution in [0.1, 0.15) is 67.5 Å². The predicted octanol–water partition coefficient (Wildman–Crippen LogP) is 4.75. The van der Waals surface area contributed by atoms with Gasteiger partial charge < -0.3 is 9.80 Å². The van der Waals surface area contributed by atoms with Crippen molar-refractivity contribution < 1.29 is 14.5 Å². The smallest absolute Gasteiger partial charge is 0.273 e. The van der Waals surface area contributed by atoms with E-state index < -0.39 is 4.92 Å². The summed E-state index contributed by atoms with van der Waals surface area (Å²) in [4.78, 5) is 44.6. The minimum Gasteiger partial charge on any atom is -0.342 e. The summed E-state index contributed by atoms with van der Waals surface area (Å²) >= 11 is 1.52. The van der Waals surface area contributed by atoms with Crippen LogP contribution in [0.4, 0.5) is 5.69 Å². The molecule has 1 aliphatic heterocycles. The summed E-state index contributed by atoms with van der Waals surface area (Å²) in [5.41, 5.74) is 1.56. The van der Waals surface area contributed by atoms with Crippen molar-refractivity contribution in [2.45, 2.75) is 52.9 Å². The molecular formula is C26H34N4O4S. The molecule has 1 aliphatic carbocycles. The Morgan fingerprint density at radius 2 is 1.74 bits per heavy atom. The highest BCUT2D eigenvalue weighted by atomic mass is 32.1. The third-order valence-electron chi connectivity index (χ3n) is 8.39. The average molecular weight is 499 g/mol. The number of non-ortho nitro benzene ring substituents is 1. The fraction of sp³-hybridized carbons (Fsp3) is 0.577. The summed E-state index contributed by atoms with van der Waals surface area (Å²) in [5, 5.41) is 13.6. The number of hydrogen-bond donors (Lipinski definition) is 0. The van der Waals surface area contributed by atoms with Crippen molar-refractivity contribution in [3.05, 3.63) is 56.0 Å². The molecule has 0 atom stereocenters. The molecule has 1 aromatic heterocycles. The number of amides is 2. The number of aromatic nitrogens is 1. The predicted molar refractivity (Wildman–Crippen MR) is 135 cm³/mol. The molecule has 0 unspecified atom stereocenters. The van der Waals surface area contributed by atoms with Crippen molar-refractivity contribution in [2.24, 2.45) is 16.7 Å². The number of nitro benzene ring substituents is 1. The third kappa shape index (κ3) is 4.83. The zero-order valence-corrected chi connectivity index (χ0v) is 21.9. The van der Waals surface area contributed by atoms with Crippen molar-refractivity contribution in [1.29, 1.82) is 0 Å². The molecule has 35 heavy (non-hydrogen) atoms. The highest BCUT2D eigenvalue weighted by Crippen LogP contribution is 2.68. The van der Waals surface area contributed by atoms with Gasteiger partial charge in [0, 0.05) is 56.0 Å². The molecule has 1 saturated heterocycles. The van der Waals surface area contributed by atoms with E-state index in [9.17, 15) is 19.7 Å². The molecule has 8 nitrogen and oxygen atoms in total. The van der Waals surface area contributed by atoms with Crippen LogP contribution in [-0.2, 0) is 11.2 Å². The van der Waals surface area contributed by atoms with Crippen molar-refractivity contribution in [1.82, 2.24) is 14.8 Å². The number of thiazole rings is 1. The van der Waals surface area contributed by atoms with E-state index in [1.165, 1.54) is 23.5 Å². The van der Waals surface area contributed by atoms with Gasteiger partial charge in [0.05, 0.1) is 9.93 Å². The minimum absolute atomic E-state index is 0.0516. The summed E-state index contributed by atoms with van der Waals surface area (Å²) in [5.74, 6) is 0.525. The Labute approximate surface area is 210 Å². The standard InChI is InChI=1S/C26H34N4O4S/c1-25(2)21(26(25,3)4)24(32)29-14-11-18(12-15-29)22-27-20(16-35-22)23(31)28(5)13-10-17-6-8-19(9-7-17)30(33)34/h6-9,16,18,21H,10-15H2,1-5H3. The lowest BCUT2D eigenvalue weighted by molar-refractivity contribution is -0.384. The van der Waals surface area contributed by atoms with Gasteiger partial charge >= 0.3 is 0 Å². The SMILES string of the molecule is CN(CCc1ccc([N+](=O)[O-])cc1)C(=O)c1csc(C2CCN(C(=O)C3C(C)(C)C3(C)C)CC2)n1. The van der Waals surface area contributed by atoms with Crippen LogP contribution in [0.3, 0.4) is 0 Å². The molecule has 188 valence electrons. The number of nitrogens with zero attached hydrogens (tertiary/aromatic N) is 4. The molecule has 0 bridgehead atoms. The lowest BCUT2D eigenvalue weighted by Gasteiger charge is -2.32. The number of benzene rings is 1. The Bertz CT molecular complexity index is 1100. The summed E-state index contributed by atoms with van der Waals surface area (Å²) in [6.45, 7) is 10.7. The van der Waals surface area contributed by atoms with Gasteiger partial charge in [-0.1, -0.05) is 39.8 Å². The Kier molecular flexibility index (Phi) is 6.74. The Hall–Kier alpha value is -2.81. The van der Waals surface area contributed by atoms with Gasteiger partial charge in [-0.05, 0) is 35.7 Å². The number of likely N-dealkylation sites (tertiary alicyclic amines) is 1. The quantitative estimate of drug-likeness (QED) is 0.405. The number of carbonyl (C=O) groups excluding carboxylic acids is 2. The highest BCUT2D eigenvalue weighted by molar-refractivity contribution is 7.09. The first-order chi connectivity index (χ1) is 16.4. The van der Waals surface area contributed by atoms with Gasteiger partial charge in [-0.25, -0.2) is 4.98 Å². The molecule has 4 rings (SSSR count). The first-order valence-corrected chi connectivity index (χ1v) is 13.0. The first-order valence-electron chi connectivity index (χ1n) is 12.2. The average Bonchev–Trinajstić information content (AvgIpc) is 3.15. The van der Waals surface area contributed by atoms with Gasteiger partial charge in [0.25, 0.3) is 11.6 Å². The molecule has 9 heteroatoms. The Morgan fingerprint density at radius 3 is 2.29 bits per heavy atom. The second-order valence-corrected chi connectivity index (χ2v) is 11.8. The molecule has 0 spiro atoms. The van der Waals surface area contributed by atoms with Gasteiger partial charge in [-0.3, -0.25) is 19.7 Å². The van der Waals surface area contributed by atoms with Crippen LogP contribution in [0, 0.1) is 26.9 Å². The number of nitro groups is 1. The lowest BCUT2D eigenvalue weighted by Crippen LogP contribution is -2.40. The lowest BCUT2D eigenvalue weighted by atomic mass is 9.96. The van der Waals surface area contributed by atoms with Crippen LogP contribution in [0.15, 0.2) is 29.6 Å². The van der Waals surface area contributed by atoms with Crippen molar-refractivity contribution >= 4 is 28.8 Å². The molecule has 0 radical (unpaired) electrons. The molecule has 2 heterocycles. The van der Waals surface area contributed by atoms with Crippen molar-refractivity contribution in [3.8, 4) is 0 Å². The molecule has 2 aromatic rings. The number of carbonyl (C=O) groups is 2. The van der Waals surface area contributed by atoms with Crippen LogP contribution in [0.25, 0.3) is 0 Å². The molecular weight excluding hydrogens is 464 g/mol. The minimum atomic E-state index is -0.421. The van der Waals surface area contributed by atoms with Crippen LogP contribution >= 0.6 is 11.3 Å². The number of likely N-dealkylation sites (N-methyl/N-ethyl adjacent to an activating group) is 1. The van der Waals surface area contributed by atoms with Crippen LogP contribution in [-0.4, -0.2) is 58.2 Å². The summed E-state index contributed by atoms with van der Waals surface area (Å²) in [6, 6.07) is 6.41. The number of rotatable bonds is 7. The first kappa shape index (κ1) is 25.3. The van der Waals surface area contributed by atoms with Crippen LogP contribution in [0.5, 0.6) is 0 Å². The second-order valence-electron chi connectivity index (χ2n) is 10.9.